The Morgan fingerprint density at radius 1 is 1.33 bits per heavy atom. The van der Waals surface area contributed by atoms with Gasteiger partial charge in [0.1, 0.15) is 6.07 Å². The number of carbonyl (C=O) groups is 2. The van der Waals surface area contributed by atoms with E-state index in [2.05, 4.69) is 10.6 Å². The molecule has 1 unspecified atom stereocenters. The minimum atomic E-state index is -0.904. The van der Waals surface area contributed by atoms with E-state index in [4.69, 9.17) is 16.9 Å². The van der Waals surface area contributed by atoms with E-state index in [9.17, 15) is 14.7 Å². The molecule has 0 aliphatic carbocycles. The average molecular weight is 364 g/mol. The van der Waals surface area contributed by atoms with Gasteiger partial charge in [-0.2, -0.15) is 16.6 Å². The van der Waals surface area contributed by atoms with Gasteiger partial charge in [-0.05, 0) is 47.0 Å². The van der Waals surface area contributed by atoms with E-state index in [0.29, 0.717) is 5.02 Å². The molecule has 0 radical (unpaired) electrons. The molecule has 0 aliphatic rings. The Morgan fingerprint density at radius 2 is 2.12 bits per heavy atom. The van der Waals surface area contributed by atoms with Gasteiger partial charge in [-0.25, -0.2) is 0 Å². The monoisotopic (exact) mass is 363 g/mol. The molecular weight excluding hydrogens is 350 g/mol. The van der Waals surface area contributed by atoms with Crippen LogP contribution in [0.3, 0.4) is 0 Å². The van der Waals surface area contributed by atoms with Crippen LogP contribution in [-0.4, -0.2) is 23.5 Å². The topological polar surface area (TPSA) is 102 Å². The summed E-state index contributed by atoms with van der Waals surface area (Å²) in [6, 6.07) is 8.06. The Bertz CT molecular complexity index is 771. The van der Waals surface area contributed by atoms with E-state index in [1.165, 1.54) is 29.5 Å². The van der Waals surface area contributed by atoms with E-state index in [1.807, 2.05) is 16.8 Å². The molecule has 1 aromatic heterocycles. The standard InChI is InChI=1S/C16H14ClN3O3S/c17-12-2-1-10(8-18)13(7-12)20-16(23)15(22)19-5-3-14(21)11-4-6-24-9-11/h1-2,4,6-7,9,14,21H,3,5H2,(H,19,22)(H,20,23). The number of aliphatic hydroxyl groups excluding tert-OH is 1. The summed E-state index contributed by atoms with van der Waals surface area (Å²) in [6.07, 6.45) is -0.408. The number of amides is 2. The number of carbonyl (C=O) groups excluding carboxylic acids is 2. The van der Waals surface area contributed by atoms with Crippen LogP contribution < -0.4 is 10.6 Å². The number of rotatable bonds is 5. The Hall–Kier alpha value is -2.40. The summed E-state index contributed by atoms with van der Waals surface area (Å²) in [7, 11) is 0. The lowest BCUT2D eigenvalue weighted by molar-refractivity contribution is -0.136. The van der Waals surface area contributed by atoms with Crippen LogP contribution in [0.1, 0.15) is 23.7 Å². The highest BCUT2D eigenvalue weighted by molar-refractivity contribution is 7.07. The van der Waals surface area contributed by atoms with Gasteiger partial charge in [0.05, 0.1) is 17.4 Å². The molecule has 8 heteroatoms. The molecular formula is C16H14ClN3O3S. The van der Waals surface area contributed by atoms with Crippen molar-refractivity contribution in [3.05, 3.63) is 51.2 Å². The van der Waals surface area contributed by atoms with Gasteiger partial charge in [0, 0.05) is 11.6 Å². The van der Waals surface area contributed by atoms with E-state index < -0.39 is 17.9 Å². The largest absolute Gasteiger partial charge is 0.388 e. The van der Waals surface area contributed by atoms with Crippen molar-refractivity contribution in [1.29, 1.82) is 5.26 Å². The number of nitrogens with one attached hydrogen (secondary N) is 2. The molecule has 0 spiro atoms. The molecule has 2 amide bonds. The third-order valence-corrected chi connectivity index (χ3v) is 4.12. The average Bonchev–Trinajstić information content (AvgIpc) is 3.09. The van der Waals surface area contributed by atoms with Gasteiger partial charge in [0.2, 0.25) is 0 Å². The van der Waals surface area contributed by atoms with E-state index in [-0.39, 0.29) is 24.2 Å². The van der Waals surface area contributed by atoms with Gasteiger partial charge in [0.15, 0.2) is 0 Å². The molecule has 1 aromatic carbocycles. The number of thiophene rings is 1. The molecule has 0 aliphatic heterocycles. The van der Waals surface area contributed by atoms with Gasteiger partial charge in [-0.3, -0.25) is 9.59 Å². The third kappa shape index (κ3) is 4.80. The number of hydrogen-bond donors (Lipinski definition) is 3. The molecule has 0 fully saturated rings. The first-order chi connectivity index (χ1) is 11.5. The zero-order chi connectivity index (χ0) is 17.5. The highest BCUT2D eigenvalue weighted by Gasteiger charge is 2.16. The van der Waals surface area contributed by atoms with E-state index in [1.54, 1.807) is 6.07 Å². The summed E-state index contributed by atoms with van der Waals surface area (Å²) >= 11 is 7.29. The number of nitrogens with zero attached hydrogens (tertiary/aromatic N) is 1. The maximum atomic E-state index is 11.9. The van der Waals surface area contributed by atoms with E-state index >= 15 is 0 Å². The lowest BCUT2D eigenvalue weighted by atomic mass is 10.1. The first-order valence-corrected chi connectivity index (χ1v) is 8.32. The molecule has 24 heavy (non-hydrogen) atoms. The second kappa shape index (κ2) is 8.45. The van der Waals surface area contributed by atoms with Crippen LogP contribution in [0.15, 0.2) is 35.0 Å². The zero-order valence-electron chi connectivity index (χ0n) is 12.5. The highest BCUT2D eigenvalue weighted by atomic mass is 35.5. The van der Waals surface area contributed by atoms with Crippen LogP contribution in [0, 0.1) is 11.3 Å². The Kier molecular flexibility index (Phi) is 6.32. The lowest BCUT2D eigenvalue weighted by Gasteiger charge is -2.10. The van der Waals surface area contributed by atoms with Crippen molar-refractivity contribution in [2.24, 2.45) is 0 Å². The minimum absolute atomic E-state index is 0.143. The van der Waals surface area contributed by atoms with Gasteiger partial charge >= 0.3 is 11.8 Å². The fourth-order valence-corrected chi connectivity index (χ4v) is 2.81. The normalized spacial score (nSPS) is 11.4. The number of hydrogen-bond acceptors (Lipinski definition) is 5. The zero-order valence-corrected chi connectivity index (χ0v) is 14.0. The molecule has 1 atom stereocenters. The molecule has 2 rings (SSSR count). The summed E-state index contributed by atoms with van der Waals surface area (Å²) in [5, 5.41) is 27.7. The van der Waals surface area contributed by atoms with Crippen molar-refractivity contribution >= 4 is 40.4 Å². The molecule has 6 nitrogen and oxygen atoms in total. The first kappa shape index (κ1) is 17.9. The number of aliphatic hydroxyl groups is 1. The molecule has 0 bridgehead atoms. The molecule has 1 heterocycles. The summed E-state index contributed by atoms with van der Waals surface area (Å²) < 4.78 is 0. The van der Waals surface area contributed by atoms with Crippen molar-refractivity contribution in [1.82, 2.24) is 5.32 Å². The van der Waals surface area contributed by atoms with Crippen molar-refractivity contribution in [2.75, 3.05) is 11.9 Å². The quantitative estimate of drug-likeness (QED) is 0.710. The van der Waals surface area contributed by atoms with Crippen molar-refractivity contribution in [3.63, 3.8) is 0 Å². The number of benzene rings is 1. The summed E-state index contributed by atoms with van der Waals surface area (Å²) in [5.41, 5.74) is 1.15. The smallest absolute Gasteiger partial charge is 0.313 e. The maximum absolute atomic E-state index is 11.9. The second-order valence-corrected chi connectivity index (χ2v) is 6.09. The maximum Gasteiger partial charge on any atom is 0.313 e. The highest BCUT2D eigenvalue weighted by Crippen LogP contribution is 2.20. The third-order valence-electron chi connectivity index (χ3n) is 3.19. The van der Waals surface area contributed by atoms with Gasteiger partial charge in [-0.1, -0.05) is 11.6 Å². The summed E-state index contributed by atoms with van der Waals surface area (Å²) in [4.78, 5) is 23.6. The van der Waals surface area contributed by atoms with Crippen LogP contribution in [0.5, 0.6) is 0 Å². The minimum Gasteiger partial charge on any atom is -0.388 e. The summed E-state index contributed by atoms with van der Waals surface area (Å²) in [6.45, 7) is 0.143. The number of halogens is 1. The van der Waals surface area contributed by atoms with Crippen molar-refractivity contribution in [2.45, 2.75) is 12.5 Å². The predicted molar refractivity (Wildman–Crippen MR) is 91.7 cm³/mol. The molecule has 124 valence electrons. The van der Waals surface area contributed by atoms with Gasteiger partial charge in [0.25, 0.3) is 0 Å². The molecule has 2 aromatic rings. The molecule has 0 saturated heterocycles. The summed E-state index contributed by atoms with van der Waals surface area (Å²) in [5.74, 6) is -1.75. The predicted octanol–water partition coefficient (Wildman–Crippen LogP) is 2.45. The van der Waals surface area contributed by atoms with Crippen LogP contribution in [0.4, 0.5) is 5.69 Å². The Balaban J connectivity index is 1.86. The fourth-order valence-electron chi connectivity index (χ4n) is 1.93. The van der Waals surface area contributed by atoms with Gasteiger partial charge < -0.3 is 15.7 Å². The van der Waals surface area contributed by atoms with Crippen LogP contribution in [0.2, 0.25) is 5.02 Å². The van der Waals surface area contributed by atoms with Crippen molar-refractivity contribution in [3.8, 4) is 6.07 Å². The van der Waals surface area contributed by atoms with E-state index in [0.717, 1.165) is 5.56 Å². The van der Waals surface area contributed by atoms with Crippen molar-refractivity contribution < 1.29 is 14.7 Å². The van der Waals surface area contributed by atoms with Crippen LogP contribution in [0.25, 0.3) is 0 Å². The number of anilines is 1. The molecule has 0 saturated carbocycles. The molecule has 3 N–H and O–H groups in total. The Labute approximate surface area is 147 Å². The second-order valence-electron chi connectivity index (χ2n) is 4.87. The fraction of sp³-hybridized carbons (Fsp3) is 0.188. The van der Waals surface area contributed by atoms with Crippen LogP contribution in [-0.2, 0) is 9.59 Å². The Morgan fingerprint density at radius 3 is 2.79 bits per heavy atom. The SMILES string of the molecule is N#Cc1ccc(Cl)cc1NC(=O)C(=O)NCCC(O)c1ccsc1. The van der Waals surface area contributed by atoms with Gasteiger partial charge in [-0.15, -0.1) is 0 Å². The number of nitriles is 1. The van der Waals surface area contributed by atoms with Crippen LogP contribution >= 0.6 is 22.9 Å². The lowest BCUT2D eigenvalue weighted by Crippen LogP contribution is -2.36. The first-order valence-electron chi connectivity index (χ1n) is 7.00.